The molecule has 0 heterocycles. The molecule has 0 bridgehead atoms. The van der Waals surface area contributed by atoms with Crippen LogP contribution >= 0.6 is 25.3 Å². The zero-order valence-electron chi connectivity index (χ0n) is 6.36. The molecule has 0 saturated heterocycles. The van der Waals surface area contributed by atoms with Gasteiger partial charge in [0.25, 0.3) is 0 Å². The van der Waals surface area contributed by atoms with Crippen LogP contribution in [0.3, 0.4) is 0 Å². The molecule has 0 aliphatic heterocycles. The second-order valence-corrected chi connectivity index (χ2v) is 2.87. The monoisotopic (exact) mass is 188 g/mol. The third-order valence-corrected chi connectivity index (χ3v) is 1.45. The fraction of sp³-hybridized carbons (Fsp3) is 0.250. The zero-order chi connectivity index (χ0) is 8.69. The molecule has 11 heavy (non-hydrogen) atoms. The molecule has 0 saturated carbocycles. The largest absolute Gasteiger partial charge is 0.397 e. The Hall–Kier alpha value is -0.120. The van der Waals surface area contributed by atoms with E-state index in [1.165, 1.54) is 0 Å². The molecule has 0 aromatic heterocycles. The summed E-state index contributed by atoms with van der Waals surface area (Å²) in [6.07, 6.45) is 0. The van der Waals surface area contributed by atoms with E-state index in [-0.39, 0.29) is 6.61 Å². The molecule has 0 radical (unpaired) electrons. The van der Waals surface area contributed by atoms with Gasteiger partial charge in [-0.05, 0) is 31.2 Å². The van der Waals surface area contributed by atoms with Gasteiger partial charge in [0, 0.05) is 16.4 Å². The molecule has 3 heteroatoms. The Morgan fingerprint density at radius 1 is 1.09 bits per heavy atom. The van der Waals surface area contributed by atoms with Crippen molar-refractivity contribution in [1.29, 1.82) is 0 Å². The molecule has 1 aromatic rings. The highest BCUT2D eigenvalue weighted by Crippen LogP contribution is 2.09. The van der Waals surface area contributed by atoms with E-state index < -0.39 is 0 Å². The van der Waals surface area contributed by atoms with Gasteiger partial charge >= 0.3 is 0 Å². The maximum Gasteiger partial charge on any atom is 0.0402 e. The number of benzene rings is 1. The van der Waals surface area contributed by atoms with Crippen molar-refractivity contribution in [2.45, 2.75) is 16.7 Å². The van der Waals surface area contributed by atoms with Crippen molar-refractivity contribution < 1.29 is 5.11 Å². The van der Waals surface area contributed by atoms with E-state index in [0.29, 0.717) is 0 Å². The van der Waals surface area contributed by atoms with Gasteiger partial charge in [0.2, 0.25) is 0 Å². The number of rotatable bonds is 0. The van der Waals surface area contributed by atoms with Crippen LogP contribution in [-0.4, -0.2) is 11.7 Å². The number of aliphatic hydroxyl groups is 1. The van der Waals surface area contributed by atoms with Gasteiger partial charge in [-0.15, -0.1) is 25.3 Å². The average molecular weight is 188 g/mol. The first kappa shape index (κ1) is 10.9. The molecule has 0 aliphatic rings. The molecule has 0 fully saturated rings. The van der Waals surface area contributed by atoms with Crippen LogP contribution in [0.1, 0.15) is 6.92 Å². The molecule has 1 N–H and O–H groups in total. The van der Waals surface area contributed by atoms with Gasteiger partial charge in [-0.1, -0.05) is 0 Å². The third-order valence-electron chi connectivity index (χ3n) is 0.850. The van der Waals surface area contributed by atoms with Crippen LogP contribution in [0.4, 0.5) is 0 Å². The maximum absolute atomic E-state index is 7.57. The van der Waals surface area contributed by atoms with Crippen molar-refractivity contribution in [3.8, 4) is 0 Å². The summed E-state index contributed by atoms with van der Waals surface area (Å²) >= 11 is 8.20. The highest BCUT2D eigenvalue weighted by Gasteiger charge is 1.81. The molecule has 0 atom stereocenters. The fourth-order valence-corrected chi connectivity index (χ4v) is 0.751. The van der Waals surface area contributed by atoms with Gasteiger partial charge in [0.1, 0.15) is 0 Å². The third kappa shape index (κ3) is 6.28. The molecule has 1 aromatic carbocycles. The van der Waals surface area contributed by atoms with Crippen LogP contribution in [0.15, 0.2) is 34.1 Å². The molecule has 62 valence electrons. The van der Waals surface area contributed by atoms with Gasteiger partial charge in [0.05, 0.1) is 0 Å². The number of thiol groups is 2. The highest BCUT2D eigenvalue weighted by atomic mass is 32.1. The first-order valence-corrected chi connectivity index (χ1v) is 4.19. The van der Waals surface area contributed by atoms with Gasteiger partial charge in [-0.3, -0.25) is 0 Å². The normalized spacial score (nSPS) is 8.36. The molecule has 1 rings (SSSR count). The van der Waals surface area contributed by atoms with Gasteiger partial charge < -0.3 is 5.11 Å². The van der Waals surface area contributed by atoms with E-state index in [2.05, 4.69) is 25.3 Å². The van der Waals surface area contributed by atoms with Crippen molar-refractivity contribution in [2.75, 3.05) is 6.61 Å². The summed E-state index contributed by atoms with van der Waals surface area (Å²) in [4.78, 5) is 1.95. The molecule has 0 spiro atoms. The minimum atomic E-state index is 0.250. The lowest BCUT2D eigenvalue weighted by molar-refractivity contribution is 0.318. The molecular formula is C8H12OS2. The first-order valence-electron chi connectivity index (χ1n) is 3.29. The van der Waals surface area contributed by atoms with E-state index in [4.69, 9.17) is 5.11 Å². The van der Waals surface area contributed by atoms with Crippen molar-refractivity contribution in [3.63, 3.8) is 0 Å². The Morgan fingerprint density at radius 3 is 1.45 bits per heavy atom. The van der Waals surface area contributed by atoms with E-state index in [9.17, 15) is 0 Å². The molecule has 0 unspecified atom stereocenters. The van der Waals surface area contributed by atoms with Crippen LogP contribution < -0.4 is 0 Å². The standard InChI is InChI=1S/C6H6S2.C2H6O/c7-5-1-2-6(8)4-3-5;1-2-3/h1-4,7-8H;3H,2H2,1H3. The Labute approximate surface area is 78.3 Å². The minimum Gasteiger partial charge on any atom is -0.397 e. The lowest BCUT2D eigenvalue weighted by Crippen LogP contribution is -1.63. The van der Waals surface area contributed by atoms with E-state index in [0.717, 1.165) is 9.79 Å². The second-order valence-electron chi connectivity index (χ2n) is 1.83. The Bertz CT molecular complexity index is 163. The topological polar surface area (TPSA) is 20.2 Å². The highest BCUT2D eigenvalue weighted by molar-refractivity contribution is 7.80. The summed E-state index contributed by atoms with van der Waals surface area (Å²) in [5, 5.41) is 7.57. The smallest absolute Gasteiger partial charge is 0.0402 e. The maximum atomic E-state index is 7.57. The lowest BCUT2D eigenvalue weighted by Gasteiger charge is -1.88. The van der Waals surface area contributed by atoms with Gasteiger partial charge in [0.15, 0.2) is 0 Å². The summed E-state index contributed by atoms with van der Waals surface area (Å²) < 4.78 is 0. The summed E-state index contributed by atoms with van der Waals surface area (Å²) in [6, 6.07) is 7.63. The quantitative estimate of drug-likeness (QED) is 0.533. The Balaban J connectivity index is 0.000000292. The van der Waals surface area contributed by atoms with E-state index >= 15 is 0 Å². The minimum absolute atomic E-state index is 0.250. The predicted molar refractivity (Wildman–Crippen MR) is 53.7 cm³/mol. The molecular weight excluding hydrogens is 176 g/mol. The lowest BCUT2D eigenvalue weighted by atomic mass is 10.4. The summed E-state index contributed by atoms with van der Waals surface area (Å²) in [7, 11) is 0. The zero-order valence-corrected chi connectivity index (χ0v) is 8.15. The van der Waals surface area contributed by atoms with Crippen LogP contribution in [0.25, 0.3) is 0 Å². The van der Waals surface area contributed by atoms with Crippen LogP contribution in [0.2, 0.25) is 0 Å². The van der Waals surface area contributed by atoms with Crippen LogP contribution in [-0.2, 0) is 0 Å². The molecule has 0 aliphatic carbocycles. The van der Waals surface area contributed by atoms with Gasteiger partial charge in [-0.25, -0.2) is 0 Å². The SMILES string of the molecule is CCO.Sc1ccc(S)cc1. The van der Waals surface area contributed by atoms with Crippen molar-refractivity contribution in [1.82, 2.24) is 0 Å². The van der Waals surface area contributed by atoms with Crippen molar-refractivity contribution in [2.24, 2.45) is 0 Å². The second kappa shape index (κ2) is 6.58. The Kier molecular flexibility index (Phi) is 6.51. The number of hydrogen-bond acceptors (Lipinski definition) is 3. The Morgan fingerprint density at radius 2 is 1.27 bits per heavy atom. The summed E-state index contributed by atoms with van der Waals surface area (Å²) in [5.41, 5.74) is 0. The predicted octanol–water partition coefficient (Wildman–Crippen LogP) is 2.26. The van der Waals surface area contributed by atoms with Crippen LogP contribution in [0, 0.1) is 0 Å². The molecule has 0 amide bonds. The van der Waals surface area contributed by atoms with E-state index in [1.807, 2.05) is 24.3 Å². The van der Waals surface area contributed by atoms with Crippen molar-refractivity contribution in [3.05, 3.63) is 24.3 Å². The van der Waals surface area contributed by atoms with Gasteiger partial charge in [-0.2, -0.15) is 0 Å². The van der Waals surface area contributed by atoms with E-state index in [1.54, 1.807) is 6.92 Å². The summed E-state index contributed by atoms with van der Waals surface area (Å²) in [6.45, 7) is 1.93. The number of hydrogen-bond donors (Lipinski definition) is 3. The first-order chi connectivity index (χ1) is 5.20. The van der Waals surface area contributed by atoms with Crippen molar-refractivity contribution >= 4 is 25.3 Å². The molecule has 1 nitrogen and oxygen atoms in total. The van der Waals surface area contributed by atoms with Crippen LogP contribution in [0.5, 0.6) is 0 Å². The summed E-state index contributed by atoms with van der Waals surface area (Å²) in [5.74, 6) is 0. The fourth-order valence-electron chi connectivity index (χ4n) is 0.453. The number of aliphatic hydroxyl groups excluding tert-OH is 1. The average Bonchev–Trinajstić information content (AvgIpc) is 1.97.